The van der Waals surface area contributed by atoms with Gasteiger partial charge in [0.05, 0.1) is 16.8 Å². The van der Waals surface area contributed by atoms with E-state index >= 15 is 0 Å². The van der Waals surface area contributed by atoms with Crippen molar-refractivity contribution in [2.24, 2.45) is 5.92 Å². The first-order valence-electron chi connectivity index (χ1n) is 6.92. The molecule has 1 aliphatic carbocycles. The summed E-state index contributed by atoms with van der Waals surface area (Å²) in [6.45, 7) is 2.67. The number of rotatable bonds is 3. The van der Waals surface area contributed by atoms with E-state index in [2.05, 4.69) is 16.4 Å². The Labute approximate surface area is 117 Å². The molecule has 0 saturated heterocycles. The smallest absolute Gasteiger partial charge is 0.124 e. The van der Waals surface area contributed by atoms with Gasteiger partial charge in [-0.2, -0.15) is 5.26 Å². The first kappa shape index (κ1) is 12.9. The van der Waals surface area contributed by atoms with Gasteiger partial charge in [-0.15, -0.1) is 0 Å². The highest BCUT2D eigenvalue weighted by Crippen LogP contribution is 2.31. The lowest BCUT2D eigenvalue weighted by Crippen LogP contribution is -2.21. The fraction of sp³-hybridized carbons (Fsp3) is 0.375. The van der Waals surface area contributed by atoms with Crippen LogP contribution in [0.4, 0.5) is 10.1 Å². The topological polar surface area (TPSA) is 48.7 Å². The molecule has 1 fully saturated rings. The molecular formula is C16H16FN3. The van der Waals surface area contributed by atoms with Crippen LogP contribution in [0.15, 0.2) is 18.3 Å². The van der Waals surface area contributed by atoms with Crippen LogP contribution in [-0.2, 0) is 0 Å². The number of hydrogen-bond acceptors (Lipinski definition) is 3. The average molecular weight is 269 g/mol. The van der Waals surface area contributed by atoms with Crippen molar-refractivity contribution >= 4 is 16.6 Å². The number of nitriles is 1. The summed E-state index contributed by atoms with van der Waals surface area (Å²) in [6, 6.07) is 5.07. The number of aryl methyl sites for hydroxylation is 1. The van der Waals surface area contributed by atoms with Gasteiger partial charge in [0.1, 0.15) is 11.9 Å². The summed E-state index contributed by atoms with van der Waals surface area (Å²) in [5.74, 6) is 0.373. The van der Waals surface area contributed by atoms with Crippen molar-refractivity contribution in [3.05, 3.63) is 35.3 Å². The summed E-state index contributed by atoms with van der Waals surface area (Å²) in [7, 11) is 0. The summed E-state index contributed by atoms with van der Waals surface area (Å²) in [4.78, 5) is 4.29. The fourth-order valence-corrected chi connectivity index (χ4v) is 2.65. The summed E-state index contributed by atoms with van der Waals surface area (Å²) in [5.41, 5.74) is 2.73. The number of nitrogens with one attached hydrogen (secondary N) is 1. The first-order valence-corrected chi connectivity index (χ1v) is 6.92. The van der Waals surface area contributed by atoms with Gasteiger partial charge in [-0.25, -0.2) is 4.39 Å². The molecule has 0 spiro atoms. The molecule has 1 N–H and O–H groups in total. The van der Waals surface area contributed by atoms with E-state index in [1.165, 1.54) is 31.4 Å². The zero-order chi connectivity index (χ0) is 14.1. The molecule has 1 heterocycles. The van der Waals surface area contributed by atoms with E-state index in [0.717, 1.165) is 17.6 Å². The van der Waals surface area contributed by atoms with E-state index in [-0.39, 0.29) is 5.82 Å². The van der Waals surface area contributed by atoms with Crippen LogP contribution in [0.2, 0.25) is 0 Å². The standard InChI is InChI=1S/C16H16FN3/c1-10-5-13(17)6-14-15(10)20-9-12(7-18)16(14)19-8-11-3-2-4-11/h5-6,9,11H,2-4,8H2,1H3,(H,19,20). The minimum absolute atomic E-state index is 0.293. The fourth-order valence-electron chi connectivity index (χ4n) is 2.65. The van der Waals surface area contributed by atoms with Gasteiger partial charge >= 0.3 is 0 Å². The van der Waals surface area contributed by atoms with Crippen LogP contribution in [0.5, 0.6) is 0 Å². The normalized spacial score (nSPS) is 14.8. The molecule has 0 aliphatic heterocycles. The van der Waals surface area contributed by atoms with Gasteiger partial charge in [0, 0.05) is 18.1 Å². The number of halogens is 1. The van der Waals surface area contributed by atoms with Crippen LogP contribution in [0.3, 0.4) is 0 Å². The molecule has 1 saturated carbocycles. The number of fused-ring (bicyclic) bond motifs is 1. The number of pyridine rings is 1. The first-order chi connectivity index (χ1) is 9.69. The lowest BCUT2D eigenvalue weighted by atomic mass is 9.85. The highest BCUT2D eigenvalue weighted by atomic mass is 19.1. The Hall–Kier alpha value is -2.15. The molecule has 4 heteroatoms. The Morgan fingerprint density at radius 1 is 1.45 bits per heavy atom. The van der Waals surface area contributed by atoms with E-state index in [9.17, 15) is 9.65 Å². The Morgan fingerprint density at radius 3 is 2.90 bits per heavy atom. The third kappa shape index (κ3) is 2.20. The van der Waals surface area contributed by atoms with Gasteiger partial charge in [-0.3, -0.25) is 4.98 Å². The van der Waals surface area contributed by atoms with Gasteiger partial charge in [0.15, 0.2) is 0 Å². The summed E-state index contributed by atoms with van der Waals surface area (Å²) in [6.07, 6.45) is 5.30. The Bertz CT molecular complexity index is 699. The SMILES string of the molecule is Cc1cc(F)cc2c(NCC3CCC3)c(C#N)cnc12. The molecule has 0 bridgehead atoms. The second-order valence-electron chi connectivity index (χ2n) is 5.46. The van der Waals surface area contributed by atoms with Crippen molar-refractivity contribution in [1.82, 2.24) is 4.98 Å². The summed E-state index contributed by atoms with van der Waals surface area (Å²) >= 11 is 0. The molecule has 0 amide bonds. The van der Waals surface area contributed by atoms with Crippen molar-refractivity contribution in [2.45, 2.75) is 26.2 Å². The van der Waals surface area contributed by atoms with Crippen molar-refractivity contribution in [2.75, 3.05) is 11.9 Å². The van der Waals surface area contributed by atoms with Crippen molar-refractivity contribution in [3.63, 3.8) is 0 Å². The van der Waals surface area contributed by atoms with Crippen molar-refractivity contribution in [3.8, 4) is 6.07 Å². The van der Waals surface area contributed by atoms with Crippen molar-refractivity contribution in [1.29, 1.82) is 5.26 Å². The Morgan fingerprint density at radius 2 is 2.25 bits per heavy atom. The number of hydrogen-bond donors (Lipinski definition) is 1. The van der Waals surface area contributed by atoms with Crippen LogP contribution in [0, 0.1) is 30.0 Å². The van der Waals surface area contributed by atoms with Gasteiger partial charge in [0.25, 0.3) is 0 Å². The molecule has 20 heavy (non-hydrogen) atoms. The number of benzene rings is 1. The molecule has 0 unspecified atom stereocenters. The molecule has 102 valence electrons. The molecule has 1 aliphatic rings. The van der Waals surface area contributed by atoms with Gasteiger partial charge < -0.3 is 5.32 Å². The van der Waals surface area contributed by atoms with E-state index in [4.69, 9.17) is 0 Å². The van der Waals surface area contributed by atoms with Crippen LogP contribution in [0.1, 0.15) is 30.4 Å². The molecule has 2 aromatic rings. The monoisotopic (exact) mass is 269 g/mol. The number of aromatic nitrogens is 1. The number of nitrogens with zero attached hydrogens (tertiary/aromatic N) is 2. The quantitative estimate of drug-likeness (QED) is 0.922. The molecule has 0 atom stereocenters. The second kappa shape index (κ2) is 5.09. The van der Waals surface area contributed by atoms with Crippen LogP contribution in [0.25, 0.3) is 10.9 Å². The van der Waals surface area contributed by atoms with Crippen LogP contribution in [-0.4, -0.2) is 11.5 Å². The molecule has 3 rings (SSSR count). The molecule has 1 aromatic heterocycles. The van der Waals surface area contributed by atoms with E-state index in [0.29, 0.717) is 22.6 Å². The minimum atomic E-state index is -0.293. The molecular weight excluding hydrogens is 253 g/mol. The largest absolute Gasteiger partial charge is 0.383 e. The molecule has 1 aromatic carbocycles. The van der Waals surface area contributed by atoms with Crippen LogP contribution < -0.4 is 5.32 Å². The summed E-state index contributed by atoms with van der Waals surface area (Å²) in [5, 5.41) is 13.3. The third-order valence-electron chi connectivity index (χ3n) is 4.04. The highest BCUT2D eigenvalue weighted by Gasteiger charge is 2.18. The Kier molecular flexibility index (Phi) is 3.27. The maximum Gasteiger partial charge on any atom is 0.124 e. The zero-order valence-corrected chi connectivity index (χ0v) is 11.4. The van der Waals surface area contributed by atoms with Crippen LogP contribution >= 0.6 is 0 Å². The minimum Gasteiger partial charge on any atom is -0.383 e. The van der Waals surface area contributed by atoms with Gasteiger partial charge in [-0.05, 0) is 43.4 Å². The van der Waals surface area contributed by atoms with E-state index in [1.807, 2.05) is 6.92 Å². The van der Waals surface area contributed by atoms with E-state index in [1.54, 1.807) is 6.20 Å². The van der Waals surface area contributed by atoms with Crippen molar-refractivity contribution < 1.29 is 4.39 Å². The maximum atomic E-state index is 13.7. The maximum absolute atomic E-state index is 13.7. The average Bonchev–Trinajstić information content (AvgIpc) is 2.37. The molecule has 3 nitrogen and oxygen atoms in total. The highest BCUT2D eigenvalue weighted by molar-refractivity contribution is 5.95. The predicted molar refractivity (Wildman–Crippen MR) is 77.0 cm³/mol. The zero-order valence-electron chi connectivity index (χ0n) is 11.4. The van der Waals surface area contributed by atoms with E-state index < -0.39 is 0 Å². The Balaban J connectivity index is 2.07. The third-order valence-corrected chi connectivity index (χ3v) is 4.04. The lowest BCUT2D eigenvalue weighted by molar-refractivity contribution is 0.333. The summed E-state index contributed by atoms with van der Waals surface area (Å²) < 4.78 is 13.7. The molecule has 0 radical (unpaired) electrons. The number of anilines is 1. The lowest BCUT2D eigenvalue weighted by Gasteiger charge is -2.26. The predicted octanol–water partition coefficient (Wildman–Crippen LogP) is 3.77. The van der Waals surface area contributed by atoms with Gasteiger partial charge in [0.2, 0.25) is 0 Å². The second-order valence-corrected chi connectivity index (χ2v) is 5.46. The van der Waals surface area contributed by atoms with Gasteiger partial charge in [-0.1, -0.05) is 6.42 Å².